The van der Waals surface area contributed by atoms with Crippen molar-refractivity contribution in [1.82, 2.24) is 9.62 Å². The van der Waals surface area contributed by atoms with Crippen LogP contribution in [-0.4, -0.2) is 38.3 Å². The number of piperidine rings is 1. The molecule has 0 unspecified atom stereocenters. The van der Waals surface area contributed by atoms with Crippen LogP contribution in [0.2, 0.25) is 5.02 Å². The largest absolute Gasteiger partial charge is 0.356 e. The summed E-state index contributed by atoms with van der Waals surface area (Å²) in [7, 11) is -3.48. The van der Waals surface area contributed by atoms with Gasteiger partial charge in [-0.15, -0.1) is 0 Å². The van der Waals surface area contributed by atoms with Crippen molar-refractivity contribution >= 4 is 27.5 Å². The highest BCUT2D eigenvalue weighted by atomic mass is 35.5. The van der Waals surface area contributed by atoms with Gasteiger partial charge in [0.15, 0.2) is 0 Å². The first-order valence-electron chi connectivity index (χ1n) is 9.55. The van der Waals surface area contributed by atoms with E-state index >= 15 is 0 Å². The molecule has 0 bridgehead atoms. The second-order valence-corrected chi connectivity index (χ2v) is 9.32. The minimum Gasteiger partial charge on any atom is -0.356 e. The summed E-state index contributed by atoms with van der Waals surface area (Å²) in [5.41, 5.74) is 1.08. The third-order valence-corrected chi connectivity index (χ3v) is 7.37. The normalized spacial score (nSPS) is 16.0. The van der Waals surface area contributed by atoms with Crippen LogP contribution in [0.4, 0.5) is 0 Å². The standard InChI is InChI=1S/C21H25ClN2O3S/c22-20-11-5-4-7-17(20)8-6-14-23-21(25)18-12-15-24(16-13-18)28(26,27)19-9-2-1-3-10-19/h1-5,7,9-11,18H,6,8,12-16H2,(H,23,25). The number of nitrogens with one attached hydrogen (secondary N) is 1. The zero-order valence-corrected chi connectivity index (χ0v) is 17.3. The zero-order valence-electron chi connectivity index (χ0n) is 15.7. The number of hydrogen-bond donors (Lipinski definition) is 1. The fraction of sp³-hybridized carbons (Fsp3) is 0.381. The molecule has 2 aromatic rings. The van der Waals surface area contributed by atoms with Gasteiger partial charge in [0, 0.05) is 30.6 Å². The van der Waals surface area contributed by atoms with Gasteiger partial charge >= 0.3 is 0 Å². The lowest BCUT2D eigenvalue weighted by Crippen LogP contribution is -2.43. The van der Waals surface area contributed by atoms with E-state index in [1.54, 1.807) is 30.3 Å². The van der Waals surface area contributed by atoms with Gasteiger partial charge < -0.3 is 5.32 Å². The number of amides is 1. The molecule has 1 N–H and O–H groups in total. The minimum atomic E-state index is -3.48. The first kappa shape index (κ1) is 20.8. The molecule has 3 rings (SSSR count). The Balaban J connectivity index is 1.43. The average molecular weight is 421 g/mol. The maximum atomic E-state index is 12.7. The van der Waals surface area contributed by atoms with E-state index in [-0.39, 0.29) is 11.8 Å². The van der Waals surface area contributed by atoms with Crippen LogP contribution in [0.25, 0.3) is 0 Å². The van der Waals surface area contributed by atoms with Crippen molar-refractivity contribution in [1.29, 1.82) is 0 Å². The smallest absolute Gasteiger partial charge is 0.243 e. The Morgan fingerprint density at radius 3 is 2.36 bits per heavy atom. The van der Waals surface area contributed by atoms with Crippen molar-refractivity contribution < 1.29 is 13.2 Å². The highest BCUT2D eigenvalue weighted by molar-refractivity contribution is 7.89. The van der Waals surface area contributed by atoms with E-state index in [1.807, 2.05) is 24.3 Å². The Morgan fingerprint density at radius 2 is 1.68 bits per heavy atom. The molecule has 0 spiro atoms. The number of aryl methyl sites for hydroxylation is 1. The second-order valence-electron chi connectivity index (χ2n) is 6.98. The summed E-state index contributed by atoms with van der Waals surface area (Å²) >= 11 is 6.14. The molecule has 0 radical (unpaired) electrons. The van der Waals surface area contributed by atoms with Gasteiger partial charge in [0.25, 0.3) is 0 Å². The number of carbonyl (C=O) groups excluding carboxylic acids is 1. The first-order valence-corrected chi connectivity index (χ1v) is 11.4. The van der Waals surface area contributed by atoms with Crippen molar-refractivity contribution in [2.75, 3.05) is 19.6 Å². The summed E-state index contributed by atoms with van der Waals surface area (Å²) in [5, 5.41) is 3.73. The molecule has 5 nitrogen and oxygen atoms in total. The number of hydrogen-bond acceptors (Lipinski definition) is 3. The third kappa shape index (κ3) is 5.13. The predicted octanol–water partition coefficient (Wildman–Crippen LogP) is 3.49. The molecule has 1 heterocycles. The highest BCUT2D eigenvalue weighted by Gasteiger charge is 2.31. The summed E-state index contributed by atoms with van der Waals surface area (Å²) in [6.45, 7) is 1.33. The Labute approximate surface area is 171 Å². The number of halogens is 1. The van der Waals surface area contributed by atoms with Gasteiger partial charge in [0.1, 0.15) is 0 Å². The van der Waals surface area contributed by atoms with Crippen LogP contribution in [0.5, 0.6) is 0 Å². The van der Waals surface area contributed by atoms with Crippen LogP contribution >= 0.6 is 11.6 Å². The van der Waals surface area contributed by atoms with Gasteiger partial charge in [-0.1, -0.05) is 48.0 Å². The molecule has 0 aromatic heterocycles. The third-order valence-electron chi connectivity index (χ3n) is 5.09. The summed E-state index contributed by atoms with van der Waals surface area (Å²) in [6.07, 6.45) is 2.72. The van der Waals surface area contributed by atoms with Crippen LogP contribution < -0.4 is 5.32 Å². The van der Waals surface area contributed by atoms with Gasteiger partial charge in [-0.2, -0.15) is 4.31 Å². The topological polar surface area (TPSA) is 66.5 Å². The highest BCUT2D eigenvalue weighted by Crippen LogP contribution is 2.24. The van der Waals surface area contributed by atoms with E-state index in [0.29, 0.717) is 37.4 Å². The van der Waals surface area contributed by atoms with E-state index < -0.39 is 10.0 Å². The second kappa shape index (κ2) is 9.54. The van der Waals surface area contributed by atoms with Crippen LogP contribution in [0, 0.1) is 5.92 Å². The van der Waals surface area contributed by atoms with E-state index in [4.69, 9.17) is 11.6 Å². The Kier molecular flexibility index (Phi) is 7.10. The Bertz CT molecular complexity index is 895. The molecule has 0 saturated carbocycles. The monoisotopic (exact) mass is 420 g/mol. The Morgan fingerprint density at radius 1 is 1.04 bits per heavy atom. The van der Waals surface area contributed by atoms with Crippen LogP contribution in [0.3, 0.4) is 0 Å². The van der Waals surface area contributed by atoms with Crippen molar-refractivity contribution in [3.63, 3.8) is 0 Å². The summed E-state index contributed by atoms with van der Waals surface area (Å²) < 4.78 is 26.8. The Hall–Kier alpha value is -1.89. The average Bonchev–Trinajstić information content (AvgIpc) is 2.73. The van der Waals surface area contributed by atoms with E-state index in [9.17, 15) is 13.2 Å². The predicted molar refractivity (Wildman–Crippen MR) is 111 cm³/mol. The molecule has 0 atom stereocenters. The van der Waals surface area contributed by atoms with Gasteiger partial charge in [0.2, 0.25) is 15.9 Å². The van der Waals surface area contributed by atoms with Gasteiger partial charge in [-0.25, -0.2) is 8.42 Å². The van der Waals surface area contributed by atoms with Crippen molar-refractivity contribution in [2.24, 2.45) is 5.92 Å². The molecule has 1 aliphatic rings. The lowest BCUT2D eigenvalue weighted by Gasteiger charge is -2.30. The molecular weight excluding hydrogens is 396 g/mol. The maximum absolute atomic E-state index is 12.7. The fourth-order valence-electron chi connectivity index (χ4n) is 3.44. The summed E-state index contributed by atoms with van der Waals surface area (Å²) in [6, 6.07) is 16.2. The van der Waals surface area contributed by atoms with Gasteiger partial charge in [0.05, 0.1) is 4.90 Å². The molecule has 28 heavy (non-hydrogen) atoms. The molecule has 1 aliphatic heterocycles. The van der Waals surface area contributed by atoms with E-state index in [1.165, 1.54) is 4.31 Å². The molecule has 150 valence electrons. The molecule has 2 aromatic carbocycles. The molecular formula is C21H25ClN2O3S. The number of benzene rings is 2. The van der Waals surface area contributed by atoms with Gasteiger partial charge in [-0.05, 0) is 49.4 Å². The number of carbonyl (C=O) groups is 1. The first-order chi connectivity index (χ1) is 13.5. The SMILES string of the molecule is O=C(NCCCc1ccccc1Cl)C1CCN(S(=O)(=O)c2ccccc2)CC1. The zero-order chi connectivity index (χ0) is 20.0. The van der Waals surface area contributed by atoms with Crippen LogP contribution in [-0.2, 0) is 21.2 Å². The van der Waals surface area contributed by atoms with Gasteiger partial charge in [-0.3, -0.25) is 4.79 Å². The molecule has 1 fully saturated rings. The number of nitrogens with zero attached hydrogens (tertiary/aromatic N) is 1. The van der Waals surface area contributed by atoms with Crippen LogP contribution in [0.15, 0.2) is 59.5 Å². The van der Waals surface area contributed by atoms with E-state index in [0.717, 1.165) is 23.4 Å². The number of rotatable bonds is 7. The van der Waals surface area contributed by atoms with E-state index in [2.05, 4.69) is 5.32 Å². The molecule has 0 aliphatic carbocycles. The van der Waals surface area contributed by atoms with Crippen molar-refractivity contribution in [3.8, 4) is 0 Å². The fourth-order valence-corrected chi connectivity index (χ4v) is 5.16. The molecule has 7 heteroatoms. The molecule has 1 amide bonds. The lowest BCUT2D eigenvalue weighted by atomic mass is 9.97. The van der Waals surface area contributed by atoms with Crippen molar-refractivity contribution in [3.05, 3.63) is 65.2 Å². The summed E-state index contributed by atoms with van der Waals surface area (Å²) in [4.78, 5) is 12.7. The maximum Gasteiger partial charge on any atom is 0.243 e. The summed E-state index contributed by atoms with van der Waals surface area (Å²) in [5.74, 6) is -0.126. The van der Waals surface area contributed by atoms with Crippen molar-refractivity contribution in [2.45, 2.75) is 30.6 Å². The lowest BCUT2D eigenvalue weighted by molar-refractivity contribution is -0.126. The molecule has 1 saturated heterocycles. The quantitative estimate of drug-likeness (QED) is 0.697. The number of sulfonamides is 1. The minimum absolute atomic E-state index is 0.0101. The van der Waals surface area contributed by atoms with Crippen LogP contribution in [0.1, 0.15) is 24.8 Å².